The van der Waals surface area contributed by atoms with Crippen LogP contribution in [-0.2, 0) is 4.79 Å². The maximum Gasteiger partial charge on any atom is 0.194 e. The molecule has 0 aliphatic heterocycles. The van der Waals surface area contributed by atoms with E-state index in [4.69, 9.17) is 14.2 Å². The van der Waals surface area contributed by atoms with Crippen LogP contribution in [0, 0.1) is 0 Å². The fourth-order valence-electron chi connectivity index (χ4n) is 7.15. The van der Waals surface area contributed by atoms with Gasteiger partial charge >= 0.3 is 0 Å². The maximum atomic E-state index is 14.1. The number of phenolic OH excluding ortho intramolecular Hbond substituents is 1. The SMILES string of the molecule is CCCNc1c(NCCC)c2c(=O)cc(OC)c3c4c(OC)cc(=O)c5c(O)c(OC)c6c(c(c1C=C(C)C6C(C)=O)c23)c54. The molecular weight excluding hydrogens is 560 g/mol. The number of fused-ring (bicyclic) bond motifs is 1. The van der Waals surface area contributed by atoms with Crippen LogP contribution in [0.15, 0.2) is 27.3 Å². The molecule has 5 aromatic carbocycles. The van der Waals surface area contributed by atoms with Crippen LogP contribution < -0.4 is 35.7 Å². The zero-order chi connectivity index (χ0) is 31.6. The van der Waals surface area contributed by atoms with Crippen LogP contribution >= 0.6 is 0 Å². The number of ketones is 1. The molecule has 0 saturated heterocycles. The van der Waals surface area contributed by atoms with Gasteiger partial charge in [-0.15, -0.1) is 0 Å². The highest BCUT2D eigenvalue weighted by Gasteiger charge is 2.37. The number of ether oxygens (including phenoxy) is 3. The molecule has 1 aliphatic rings. The molecule has 5 aromatic rings. The fourth-order valence-corrected chi connectivity index (χ4v) is 7.15. The smallest absolute Gasteiger partial charge is 0.194 e. The van der Waals surface area contributed by atoms with Crippen molar-refractivity contribution in [1.29, 1.82) is 0 Å². The number of phenols is 1. The number of methoxy groups -OCH3 is 3. The molecule has 9 heteroatoms. The predicted octanol–water partition coefficient (Wildman–Crippen LogP) is 6.36. The number of carbonyl (C=O) groups excluding carboxylic acids is 1. The Morgan fingerprint density at radius 1 is 0.773 bits per heavy atom. The number of hydrogen-bond acceptors (Lipinski definition) is 9. The average Bonchev–Trinajstić information content (AvgIpc) is 3.13. The van der Waals surface area contributed by atoms with Gasteiger partial charge < -0.3 is 30.0 Å². The highest BCUT2D eigenvalue weighted by Crippen LogP contribution is 2.58. The number of Topliss-reactive ketones (excluding diaryl/α,β-unsaturated/α-hetero) is 1. The fraction of sp³-hybridized carbons (Fsp3) is 0.343. The first kappa shape index (κ1) is 29.3. The molecular formula is C35H36N2O7. The van der Waals surface area contributed by atoms with Gasteiger partial charge in [-0.05, 0) is 32.1 Å². The number of anilines is 2. The minimum Gasteiger partial charge on any atom is -0.504 e. The van der Waals surface area contributed by atoms with Crippen molar-refractivity contribution in [2.24, 2.45) is 0 Å². The van der Waals surface area contributed by atoms with E-state index in [1.54, 1.807) is 0 Å². The second-order valence-corrected chi connectivity index (χ2v) is 11.4. The van der Waals surface area contributed by atoms with Crippen LogP contribution in [0.2, 0.25) is 0 Å². The normalized spacial score (nSPS) is 14.4. The second-order valence-electron chi connectivity index (χ2n) is 11.4. The quantitative estimate of drug-likeness (QED) is 0.125. The Bertz CT molecular complexity index is 2150. The van der Waals surface area contributed by atoms with Crippen molar-refractivity contribution in [1.82, 2.24) is 0 Å². The lowest BCUT2D eigenvalue weighted by Crippen LogP contribution is -2.15. The van der Waals surface area contributed by atoms with Gasteiger partial charge in [-0.3, -0.25) is 14.4 Å². The first-order chi connectivity index (χ1) is 21.2. The molecule has 0 aromatic heterocycles. The van der Waals surface area contributed by atoms with Gasteiger partial charge in [-0.2, -0.15) is 0 Å². The highest BCUT2D eigenvalue weighted by atomic mass is 16.5. The summed E-state index contributed by atoms with van der Waals surface area (Å²) in [6.45, 7) is 8.77. The molecule has 0 saturated carbocycles. The van der Waals surface area contributed by atoms with E-state index in [-0.39, 0.29) is 33.8 Å². The number of benzene rings is 5. The minimum atomic E-state index is -0.795. The number of allylic oxidation sites excluding steroid dienone is 1. The molecule has 44 heavy (non-hydrogen) atoms. The summed E-state index contributed by atoms with van der Waals surface area (Å²) in [5.74, 6) is -0.659. The Hall–Kier alpha value is -4.79. The van der Waals surface area contributed by atoms with Crippen LogP contribution in [0.5, 0.6) is 23.0 Å². The molecule has 228 valence electrons. The second kappa shape index (κ2) is 10.7. The summed E-state index contributed by atoms with van der Waals surface area (Å²) in [5, 5.41) is 22.7. The van der Waals surface area contributed by atoms with E-state index in [1.807, 2.05) is 13.0 Å². The summed E-state index contributed by atoms with van der Waals surface area (Å²) in [6.07, 6.45) is 3.64. The van der Waals surface area contributed by atoms with Gasteiger partial charge in [0.1, 0.15) is 17.3 Å². The third-order valence-corrected chi connectivity index (χ3v) is 8.78. The average molecular weight is 597 g/mol. The van der Waals surface area contributed by atoms with Gasteiger partial charge in [0, 0.05) is 63.3 Å². The lowest BCUT2D eigenvalue weighted by molar-refractivity contribution is -0.117. The summed E-state index contributed by atoms with van der Waals surface area (Å²) < 4.78 is 17.5. The van der Waals surface area contributed by atoms with Gasteiger partial charge in [0.25, 0.3) is 0 Å². The predicted molar refractivity (Wildman–Crippen MR) is 177 cm³/mol. The Balaban J connectivity index is 2.13. The van der Waals surface area contributed by atoms with E-state index in [9.17, 15) is 19.5 Å². The summed E-state index contributed by atoms with van der Waals surface area (Å²) in [6, 6.07) is 2.80. The Morgan fingerprint density at radius 3 is 1.84 bits per heavy atom. The molecule has 0 heterocycles. The monoisotopic (exact) mass is 596 g/mol. The minimum absolute atomic E-state index is 0.0486. The summed E-state index contributed by atoms with van der Waals surface area (Å²) in [4.78, 5) is 41.4. The lowest BCUT2D eigenvalue weighted by Gasteiger charge is -2.26. The molecule has 9 nitrogen and oxygen atoms in total. The van der Waals surface area contributed by atoms with Crippen LogP contribution in [0.25, 0.3) is 49.2 Å². The van der Waals surface area contributed by atoms with Gasteiger partial charge in [0.05, 0.1) is 49.4 Å². The van der Waals surface area contributed by atoms with Crippen molar-refractivity contribution in [2.45, 2.75) is 46.5 Å². The molecule has 0 radical (unpaired) electrons. The summed E-state index contributed by atoms with van der Waals surface area (Å²) in [7, 11) is 4.39. The number of aromatic hydroxyl groups is 1. The van der Waals surface area contributed by atoms with Gasteiger partial charge in [-0.25, -0.2) is 0 Å². The maximum absolute atomic E-state index is 14.1. The van der Waals surface area contributed by atoms with Crippen molar-refractivity contribution in [3.05, 3.63) is 49.3 Å². The van der Waals surface area contributed by atoms with Crippen LogP contribution in [0.4, 0.5) is 11.4 Å². The van der Waals surface area contributed by atoms with Crippen molar-refractivity contribution in [3.63, 3.8) is 0 Å². The number of hydrogen-bond donors (Lipinski definition) is 3. The Labute approximate surface area is 254 Å². The molecule has 6 rings (SSSR count). The Kier molecular flexibility index (Phi) is 7.14. The molecule has 0 amide bonds. The zero-order valence-electron chi connectivity index (χ0n) is 26.0. The van der Waals surface area contributed by atoms with E-state index in [1.165, 1.54) is 40.4 Å². The van der Waals surface area contributed by atoms with Gasteiger partial charge in [0.15, 0.2) is 22.4 Å². The summed E-state index contributed by atoms with van der Waals surface area (Å²) in [5.41, 5.74) is 2.66. The van der Waals surface area contributed by atoms with E-state index in [0.717, 1.165) is 29.7 Å². The van der Waals surface area contributed by atoms with Gasteiger partial charge in [-0.1, -0.05) is 25.5 Å². The molecule has 0 spiro atoms. The third kappa shape index (κ3) is 3.81. The van der Waals surface area contributed by atoms with E-state index in [0.29, 0.717) is 67.8 Å². The number of carbonyl (C=O) groups is 1. The number of nitrogens with one attached hydrogen (secondary N) is 2. The summed E-state index contributed by atoms with van der Waals surface area (Å²) >= 11 is 0. The molecule has 0 bridgehead atoms. The Morgan fingerprint density at radius 2 is 1.32 bits per heavy atom. The molecule has 1 unspecified atom stereocenters. The topological polar surface area (TPSA) is 123 Å². The number of rotatable bonds is 10. The van der Waals surface area contributed by atoms with E-state index in [2.05, 4.69) is 24.5 Å². The standard InChI is InChI=1S/C35H36N2O7/c1-8-10-36-32-17-12-15(3)22(16(4)38)31-29-23(17)28-24(33(32)37-11-9-2)18(39)13-20(42-5)26(28)27-21(43-6)14-19(40)25(30(27)29)34(41)35(31)44-7/h12-14,22,36-37,41H,8-11H2,1-7H3. The van der Waals surface area contributed by atoms with Crippen LogP contribution in [0.1, 0.15) is 57.6 Å². The van der Waals surface area contributed by atoms with E-state index < -0.39 is 11.3 Å². The largest absolute Gasteiger partial charge is 0.504 e. The molecule has 1 atom stereocenters. The lowest BCUT2D eigenvalue weighted by atomic mass is 9.80. The van der Waals surface area contributed by atoms with Crippen LogP contribution in [-0.4, -0.2) is 45.3 Å². The first-order valence-electron chi connectivity index (χ1n) is 14.9. The first-order valence-corrected chi connectivity index (χ1v) is 14.9. The van der Waals surface area contributed by atoms with Crippen molar-refractivity contribution in [2.75, 3.05) is 45.1 Å². The van der Waals surface area contributed by atoms with Gasteiger partial charge in [0.2, 0.25) is 0 Å². The van der Waals surface area contributed by atoms with Crippen molar-refractivity contribution >= 4 is 66.3 Å². The van der Waals surface area contributed by atoms with Crippen molar-refractivity contribution in [3.8, 4) is 23.0 Å². The molecule has 1 aliphatic carbocycles. The highest BCUT2D eigenvalue weighted by molar-refractivity contribution is 6.40. The van der Waals surface area contributed by atoms with E-state index >= 15 is 0 Å². The van der Waals surface area contributed by atoms with Crippen molar-refractivity contribution < 1.29 is 24.1 Å². The van der Waals surface area contributed by atoms with Crippen LogP contribution in [0.3, 0.4) is 0 Å². The molecule has 3 N–H and O–H groups in total. The molecule has 0 fully saturated rings. The third-order valence-electron chi connectivity index (χ3n) is 8.78. The zero-order valence-corrected chi connectivity index (χ0v) is 26.0.